The molecule has 1 rings (SSSR count). The Balaban J connectivity index is 2.48. The molecule has 1 N–H and O–H groups in total. The van der Waals surface area contributed by atoms with Crippen LogP contribution in [-0.4, -0.2) is 47.7 Å². The summed E-state index contributed by atoms with van der Waals surface area (Å²) in [5.41, 5.74) is 0. The molecule has 0 bridgehead atoms. The second kappa shape index (κ2) is 13.0. The number of nitrogens with zero attached hydrogens (tertiary/aromatic N) is 1. The van der Waals surface area contributed by atoms with Crippen LogP contribution in [0.1, 0.15) is 58.8 Å². The highest BCUT2D eigenvalue weighted by molar-refractivity contribution is 5.79. The van der Waals surface area contributed by atoms with Gasteiger partial charge in [0.15, 0.2) is 0 Å². The molecule has 3 atom stereocenters. The molecule has 1 amide bonds. The van der Waals surface area contributed by atoms with Crippen LogP contribution in [0, 0.1) is 29.6 Å². The Morgan fingerprint density at radius 2 is 2.15 bits per heavy atom. The smallest absolute Gasteiger partial charge is 0.305 e. The predicted molar refractivity (Wildman–Crippen MR) is 105 cm³/mol. The van der Waals surface area contributed by atoms with E-state index < -0.39 is 6.10 Å². The number of rotatable bonds is 8. The van der Waals surface area contributed by atoms with Gasteiger partial charge in [0.25, 0.3) is 0 Å². The number of hydrogen-bond acceptors (Lipinski definition) is 4. The first-order valence-electron chi connectivity index (χ1n) is 9.63. The average Bonchev–Trinajstić information content (AvgIpc) is 3.02. The Labute approximate surface area is 163 Å². The van der Waals surface area contributed by atoms with Crippen LogP contribution in [-0.2, 0) is 14.3 Å². The summed E-state index contributed by atoms with van der Waals surface area (Å²) in [7, 11) is 1.37. The summed E-state index contributed by atoms with van der Waals surface area (Å²) in [5, 5.41) is 10.2. The van der Waals surface area contributed by atoms with Gasteiger partial charge in [-0.15, -0.1) is 17.8 Å². The van der Waals surface area contributed by atoms with Crippen LogP contribution in [0.3, 0.4) is 0 Å². The van der Waals surface area contributed by atoms with Gasteiger partial charge in [-0.2, -0.15) is 0 Å². The van der Waals surface area contributed by atoms with Crippen LogP contribution in [0.25, 0.3) is 0 Å². The quantitative estimate of drug-likeness (QED) is 0.307. The van der Waals surface area contributed by atoms with Crippen LogP contribution >= 0.6 is 0 Å². The number of ether oxygens (including phenoxy) is 1. The van der Waals surface area contributed by atoms with E-state index in [1.807, 2.05) is 19.9 Å². The van der Waals surface area contributed by atoms with Gasteiger partial charge < -0.3 is 14.7 Å². The van der Waals surface area contributed by atoms with Crippen LogP contribution in [0.5, 0.6) is 0 Å². The lowest BCUT2D eigenvalue weighted by atomic mass is 10.00. The summed E-state index contributed by atoms with van der Waals surface area (Å²) in [6.07, 6.45) is 7.47. The van der Waals surface area contributed by atoms with Crippen molar-refractivity contribution in [1.29, 1.82) is 0 Å². The van der Waals surface area contributed by atoms with Crippen molar-refractivity contribution in [3.8, 4) is 23.7 Å². The lowest BCUT2D eigenvalue weighted by molar-refractivity contribution is -0.140. The molecular weight excluding hydrogens is 342 g/mol. The van der Waals surface area contributed by atoms with E-state index >= 15 is 0 Å². The fourth-order valence-corrected chi connectivity index (χ4v) is 2.72. The standard InChI is InChI=1S/C22H31NO4/c1-4-5-8-11-18(2)20(24)15-13-19-14-16-21(25)23(19)17-10-7-6-9-12-22(26)27-3/h13,15,18-20,24H,4,6,9,11-12,14,16-17H2,1-3H3/b15-13+/t18-,19-,20+/m0/s1. The van der Waals surface area contributed by atoms with Gasteiger partial charge in [0.05, 0.1) is 25.8 Å². The van der Waals surface area contributed by atoms with E-state index in [4.69, 9.17) is 0 Å². The van der Waals surface area contributed by atoms with E-state index in [1.165, 1.54) is 7.11 Å². The molecule has 1 saturated heterocycles. The van der Waals surface area contributed by atoms with Gasteiger partial charge in [0.1, 0.15) is 0 Å². The highest BCUT2D eigenvalue weighted by Crippen LogP contribution is 2.20. The Bertz CT molecular complexity index is 632. The molecule has 0 spiro atoms. The molecule has 0 aromatic heterocycles. The van der Waals surface area contributed by atoms with Gasteiger partial charge in [0, 0.05) is 32.1 Å². The summed E-state index contributed by atoms with van der Waals surface area (Å²) < 4.78 is 4.58. The lowest BCUT2D eigenvalue weighted by Gasteiger charge is -2.20. The number of carbonyl (C=O) groups excluding carboxylic acids is 2. The van der Waals surface area contributed by atoms with E-state index in [2.05, 4.69) is 28.4 Å². The molecular formula is C22H31NO4. The van der Waals surface area contributed by atoms with Crippen LogP contribution in [0.4, 0.5) is 0 Å². The zero-order chi connectivity index (χ0) is 20.1. The number of hydrogen-bond donors (Lipinski definition) is 1. The van der Waals surface area contributed by atoms with E-state index in [0.717, 1.165) is 12.8 Å². The van der Waals surface area contributed by atoms with Gasteiger partial charge in [-0.3, -0.25) is 9.59 Å². The number of likely N-dealkylation sites (tertiary alicyclic amines) is 1. The molecule has 1 fully saturated rings. The van der Waals surface area contributed by atoms with E-state index in [1.54, 1.807) is 11.0 Å². The third-order valence-corrected chi connectivity index (χ3v) is 4.50. The molecule has 27 heavy (non-hydrogen) atoms. The molecule has 5 nitrogen and oxygen atoms in total. The van der Waals surface area contributed by atoms with Crippen molar-refractivity contribution < 1.29 is 19.4 Å². The maximum atomic E-state index is 12.1. The van der Waals surface area contributed by atoms with Crippen LogP contribution in [0.2, 0.25) is 0 Å². The summed E-state index contributed by atoms with van der Waals surface area (Å²) in [5.74, 6) is 12.0. The van der Waals surface area contributed by atoms with Gasteiger partial charge in [-0.1, -0.05) is 31.9 Å². The molecule has 148 valence electrons. The second-order valence-electron chi connectivity index (χ2n) is 6.67. The third kappa shape index (κ3) is 8.80. The van der Waals surface area contributed by atoms with Crippen LogP contribution < -0.4 is 0 Å². The predicted octanol–water partition coefficient (Wildman–Crippen LogP) is 2.68. The highest BCUT2D eigenvalue weighted by Gasteiger charge is 2.28. The van der Waals surface area contributed by atoms with Gasteiger partial charge in [-0.25, -0.2) is 0 Å². The first-order valence-corrected chi connectivity index (χ1v) is 9.63. The molecule has 1 heterocycles. The average molecular weight is 373 g/mol. The molecule has 0 unspecified atom stereocenters. The number of esters is 1. The Hall–Kier alpha value is -2.24. The summed E-state index contributed by atoms with van der Waals surface area (Å²) in [6.45, 7) is 4.35. The number of methoxy groups -OCH3 is 1. The molecule has 1 aliphatic heterocycles. The van der Waals surface area contributed by atoms with Crippen molar-refractivity contribution in [2.45, 2.75) is 70.9 Å². The number of aliphatic hydroxyl groups excluding tert-OH is 1. The first-order chi connectivity index (χ1) is 13.0. The van der Waals surface area contributed by atoms with Crippen LogP contribution in [0.15, 0.2) is 12.2 Å². The normalized spacial score (nSPS) is 18.4. The van der Waals surface area contributed by atoms with E-state index in [-0.39, 0.29) is 23.8 Å². The van der Waals surface area contributed by atoms with Gasteiger partial charge in [0.2, 0.25) is 5.91 Å². The minimum Gasteiger partial charge on any atom is -0.469 e. The van der Waals surface area contributed by atoms with Crippen molar-refractivity contribution in [3.05, 3.63) is 12.2 Å². The molecule has 0 radical (unpaired) electrons. The fourth-order valence-electron chi connectivity index (χ4n) is 2.72. The molecule has 5 heteroatoms. The van der Waals surface area contributed by atoms with Crippen molar-refractivity contribution in [2.24, 2.45) is 5.92 Å². The minimum atomic E-state index is -0.571. The Kier molecular flexibility index (Phi) is 11.0. The molecule has 0 aromatic carbocycles. The van der Waals surface area contributed by atoms with Crippen molar-refractivity contribution >= 4 is 11.9 Å². The van der Waals surface area contributed by atoms with E-state index in [9.17, 15) is 14.7 Å². The largest absolute Gasteiger partial charge is 0.469 e. The molecule has 0 aliphatic carbocycles. The van der Waals surface area contributed by atoms with Crippen molar-refractivity contribution in [3.63, 3.8) is 0 Å². The maximum Gasteiger partial charge on any atom is 0.305 e. The van der Waals surface area contributed by atoms with Gasteiger partial charge >= 0.3 is 5.97 Å². The minimum absolute atomic E-state index is 0.0227. The number of amides is 1. The maximum absolute atomic E-state index is 12.1. The zero-order valence-electron chi connectivity index (χ0n) is 16.7. The second-order valence-corrected chi connectivity index (χ2v) is 6.67. The number of carbonyl (C=O) groups is 2. The highest BCUT2D eigenvalue weighted by atomic mass is 16.5. The van der Waals surface area contributed by atoms with Gasteiger partial charge in [-0.05, 0) is 18.8 Å². The topological polar surface area (TPSA) is 66.8 Å². The molecule has 0 saturated carbocycles. The fraction of sp³-hybridized carbons (Fsp3) is 0.636. The van der Waals surface area contributed by atoms with Crippen molar-refractivity contribution in [2.75, 3.05) is 13.7 Å². The van der Waals surface area contributed by atoms with Crippen molar-refractivity contribution in [1.82, 2.24) is 4.90 Å². The Morgan fingerprint density at radius 3 is 2.85 bits per heavy atom. The zero-order valence-corrected chi connectivity index (χ0v) is 16.7. The molecule has 1 aliphatic rings. The number of aliphatic hydroxyl groups is 1. The summed E-state index contributed by atoms with van der Waals surface area (Å²) in [6, 6.07) is -0.0227. The summed E-state index contributed by atoms with van der Waals surface area (Å²) >= 11 is 0. The lowest BCUT2D eigenvalue weighted by Crippen LogP contribution is -2.32. The third-order valence-electron chi connectivity index (χ3n) is 4.50. The SMILES string of the molecule is CCC#CC[C@H](C)[C@H](O)/C=C/[C@H]1CCC(=O)N1CC#CCCCC(=O)OC. The van der Waals surface area contributed by atoms with E-state index in [0.29, 0.717) is 38.6 Å². The monoisotopic (exact) mass is 373 g/mol. The summed E-state index contributed by atoms with van der Waals surface area (Å²) in [4.78, 5) is 24.8. The molecule has 0 aromatic rings. The first kappa shape index (κ1) is 22.8. The number of unbranched alkanes of at least 4 members (excludes halogenated alkanes) is 1. The Morgan fingerprint density at radius 1 is 1.37 bits per heavy atom.